The van der Waals surface area contributed by atoms with Crippen LogP contribution >= 0.6 is 0 Å². The van der Waals surface area contributed by atoms with Gasteiger partial charge in [-0.05, 0) is 62.2 Å². The zero-order chi connectivity index (χ0) is 20.9. The van der Waals surface area contributed by atoms with Crippen molar-refractivity contribution in [3.05, 3.63) is 53.1 Å². The molecule has 0 bridgehead atoms. The van der Waals surface area contributed by atoms with Gasteiger partial charge in [0.15, 0.2) is 0 Å². The average Bonchev–Trinajstić information content (AvgIpc) is 2.66. The topological polar surface area (TPSA) is 75.7 Å². The number of hydrogen-bond acceptors (Lipinski definition) is 4. The van der Waals surface area contributed by atoms with E-state index in [2.05, 4.69) is 5.32 Å². The fraction of sp³-hybridized carbons (Fsp3) is 0.381. The highest BCUT2D eigenvalue weighted by Gasteiger charge is 2.26. The molecule has 28 heavy (non-hydrogen) atoms. The van der Waals surface area contributed by atoms with Crippen LogP contribution in [0.4, 0.5) is 5.69 Å². The number of nitrogens with zero attached hydrogens (tertiary/aromatic N) is 1. The second-order valence-electron chi connectivity index (χ2n) is 6.44. The standard InChI is InChI=1S/C21H28N2O4S/c1-6-23(7-2)28(25,26)20-14-18(11-12-19(20)27-8-3)22-21(24)17-10-9-15(4)16(5)13-17/h9-14H,6-8H2,1-5H3,(H,22,24). The van der Waals surface area contributed by atoms with Crippen molar-refractivity contribution in [3.8, 4) is 5.75 Å². The molecule has 0 atom stereocenters. The lowest BCUT2D eigenvalue weighted by Crippen LogP contribution is -2.31. The van der Waals surface area contributed by atoms with Gasteiger partial charge in [0.2, 0.25) is 10.0 Å². The van der Waals surface area contributed by atoms with E-state index >= 15 is 0 Å². The highest BCUT2D eigenvalue weighted by Crippen LogP contribution is 2.30. The second-order valence-corrected chi connectivity index (χ2v) is 8.34. The molecule has 1 amide bonds. The Morgan fingerprint density at radius 1 is 1.00 bits per heavy atom. The van der Waals surface area contributed by atoms with Gasteiger partial charge in [0.25, 0.3) is 5.91 Å². The van der Waals surface area contributed by atoms with Gasteiger partial charge >= 0.3 is 0 Å². The van der Waals surface area contributed by atoms with Gasteiger partial charge in [0.05, 0.1) is 6.61 Å². The number of aryl methyl sites for hydroxylation is 2. The van der Waals surface area contributed by atoms with E-state index < -0.39 is 10.0 Å². The molecular formula is C21H28N2O4S. The Hall–Kier alpha value is -2.38. The molecule has 0 spiro atoms. The number of carbonyl (C=O) groups excluding carboxylic acids is 1. The fourth-order valence-electron chi connectivity index (χ4n) is 2.85. The molecule has 0 aliphatic carbocycles. The van der Waals surface area contributed by atoms with Crippen LogP contribution in [0.15, 0.2) is 41.3 Å². The number of rotatable bonds is 8. The van der Waals surface area contributed by atoms with Crippen LogP contribution in [0.1, 0.15) is 42.3 Å². The minimum Gasteiger partial charge on any atom is -0.492 e. The van der Waals surface area contributed by atoms with Gasteiger partial charge in [0.1, 0.15) is 10.6 Å². The summed E-state index contributed by atoms with van der Waals surface area (Å²) in [4.78, 5) is 12.6. The van der Waals surface area contributed by atoms with Crippen LogP contribution in [0.2, 0.25) is 0 Å². The number of sulfonamides is 1. The van der Waals surface area contributed by atoms with Crippen LogP contribution < -0.4 is 10.1 Å². The van der Waals surface area contributed by atoms with Crippen LogP contribution in [0.5, 0.6) is 5.75 Å². The molecule has 0 saturated heterocycles. The molecule has 0 aliphatic rings. The molecule has 2 aromatic carbocycles. The van der Waals surface area contributed by atoms with Gasteiger partial charge in [-0.15, -0.1) is 0 Å². The van der Waals surface area contributed by atoms with Crippen LogP contribution in [0.3, 0.4) is 0 Å². The molecule has 7 heteroatoms. The van der Waals surface area contributed by atoms with Gasteiger partial charge in [-0.2, -0.15) is 4.31 Å². The summed E-state index contributed by atoms with van der Waals surface area (Å²) in [5.41, 5.74) is 3.04. The first kappa shape index (κ1) is 21.9. The Morgan fingerprint density at radius 3 is 2.25 bits per heavy atom. The zero-order valence-corrected chi connectivity index (χ0v) is 17.9. The number of nitrogens with one attached hydrogen (secondary N) is 1. The number of amides is 1. The third-order valence-electron chi connectivity index (χ3n) is 4.59. The molecule has 0 aliphatic heterocycles. The van der Waals surface area contributed by atoms with E-state index in [1.165, 1.54) is 10.4 Å². The largest absolute Gasteiger partial charge is 0.492 e. The van der Waals surface area contributed by atoms with Crippen molar-refractivity contribution in [2.24, 2.45) is 0 Å². The predicted octanol–water partition coefficient (Wildman–Crippen LogP) is 3.98. The highest BCUT2D eigenvalue weighted by molar-refractivity contribution is 7.89. The summed E-state index contributed by atoms with van der Waals surface area (Å²) in [5.74, 6) is -0.0166. The van der Waals surface area contributed by atoms with E-state index in [-0.39, 0.29) is 16.6 Å². The lowest BCUT2D eigenvalue weighted by Gasteiger charge is -2.21. The average molecular weight is 405 g/mol. The van der Waals surface area contributed by atoms with E-state index in [1.54, 1.807) is 39.0 Å². The van der Waals surface area contributed by atoms with E-state index in [0.717, 1.165) is 11.1 Å². The molecule has 6 nitrogen and oxygen atoms in total. The predicted molar refractivity (Wildman–Crippen MR) is 112 cm³/mol. The van der Waals surface area contributed by atoms with E-state index in [0.29, 0.717) is 30.9 Å². The SMILES string of the molecule is CCOc1ccc(NC(=O)c2ccc(C)c(C)c2)cc1S(=O)(=O)N(CC)CC. The first-order chi connectivity index (χ1) is 13.2. The van der Waals surface area contributed by atoms with Crippen molar-refractivity contribution in [1.29, 1.82) is 0 Å². The third kappa shape index (κ3) is 4.72. The number of anilines is 1. The molecule has 0 heterocycles. The number of ether oxygens (including phenoxy) is 1. The summed E-state index contributed by atoms with van der Waals surface area (Å²) < 4.78 is 32.9. The molecule has 0 radical (unpaired) electrons. The van der Waals surface area contributed by atoms with Gasteiger partial charge in [-0.1, -0.05) is 19.9 Å². The minimum atomic E-state index is -3.73. The van der Waals surface area contributed by atoms with E-state index in [4.69, 9.17) is 4.74 Å². The molecule has 0 aromatic heterocycles. The van der Waals surface area contributed by atoms with Gasteiger partial charge in [-0.3, -0.25) is 4.79 Å². The maximum atomic E-state index is 13.0. The monoisotopic (exact) mass is 404 g/mol. The highest BCUT2D eigenvalue weighted by atomic mass is 32.2. The molecule has 2 rings (SSSR count). The Kier molecular flexibility index (Phi) is 7.21. The fourth-order valence-corrected chi connectivity index (χ4v) is 4.47. The molecule has 0 unspecified atom stereocenters. The lowest BCUT2D eigenvalue weighted by molar-refractivity contribution is 0.102. The molecule has 152 valence electrons. The zero-order valence-electron chi connectivity index (χ0n) is 17.1. The molecule has 2 aromatic rings. The van der Waals surface area contributed by atoms with Crippen molar-refractivity contribution in [1.82, 2.24) is 4.31 Å². The Morgan fingerprint density at radius 2 is 1.68 bits per heavy atom. The summed E-state index contributed by atoms with van der Waals surface area (Å²) in [6.07, 6.45) is 0. The Bertz CT molecular complexity index is 951. The maximum Gasteiger partial charge on any atom is 0.255 e. The molecule has 1 N–H and O–H groups in total. The number of benzene rings is 2. The van der Waals surface area contributed by atoms with Crippen molar-refractivity contribution in [2.45, 2.75) is 39.5 Å². The minimum absolute atomic E-state index is 0.0518. The third-order valence-corrected chi connectivity index (χ3v) is 6.66. The van der Waals surface area contributed by atoms with Gasteiger partial charge in [0, 0.05) is 24.3 Å². The summed E-state index contributed by atoms with van der Waals surface area (Å²) in [7, 11) is -3.73. The van der Waals surface area contributed by atoms with Gasteiger partial charge in [-0.25, -0.2) is 8.42 Å². The quantitative estimate of drug-likeness (QED) is 0.722. The smallest absolute Gasteiger partial charge is 0.255 e. The maximum absolute atomic E-state index is 13.0. The van der Waals surface area contributed by atoms with E-state index in [9.17, 15) is 13.2 Å². The van der Waals surface area contributed by atoms with Crippen molar-refractivity contribution in [2.75, 3.05) is 25.0 Å². The van der Waals surface area contributed by atoms with Crippen LogP contribution in [0, 0.1) is 13.8 Å². The summed E-state index contributed by atoms with van der Waals surface area (Å²) >= 11 is 0. The summed E-state index contributed by atoms with van der Waals surface area (Å²) in [5, 5.41) is 2.78. The Balaban J connectivity index is 2.41. The van der Waals surface area contributed by atoms with Crippen molar-refractivity contribution < 1.29 is 17.9 Å². The first-order valence-electron chi connectivity index (χ1n) is 9.40. The molecule has 0 fully saturated rings. The molecule has 0 saturated carbocycles. The first-order valence-corrected chi connectivity index (χ1v) is 10.8. The van der Waals surface area contributed by atoms with Crippen molar-refractivity contribution in [3.63, 3.8) is 0 Å². The van der Waals surface area contributed by atoms with E-state index in [1.807, 2.05) is 26.0 Å². The van der Waals surface area contributed by atoms with Crippen LogP contribution in [-0.4, -0.2) is 38.3 Å². The summed E-state index contributed by atoms with van der Waals surface area (Å²) in [6, 6.07) is 10.1. The lowest BCUT2D eigenvalue weighted by atomic mass is 10.1. The van der Waals surface area contributed by atoms with Gasteiger partial charge < -0.3 is 10.1 Å². The second kappa shape index (κ2) is 9.21. The number of hydrogen-bond donors (Lipinski definition) is 1. The number of carbonyl (C=O) groups is 1. The normalized spacial score (nSPS) is 11.5. The van der Waals surface area contributed by atoms with Crippen LogP contribution in [0.25, 0.3) is 0 Å². The summed E-state index contributed by atoms with van der Waals surface area (Å²) in [6.45, 7) is 10.3. The van der Waals surface area contributed by atoms with Crippen LogP contribution in [-0.2, 0) is 10.0 Å². The van der Waals surface area contributed by atoms with Crippen molar-refractivity contribution >= 4 is 21.6 Å². The molecular weight excluding hydrogens is 376 g/mol. The Labute approximate surface area is 167 Å².